The molecular weight excluding hydrogens is 267 g/mol. The fourth-order valence-corrected chi connectivity index (χ4v) is 2.21. The van der Waals surface area contributed by atoms with Gasteiger partial charge >= 0.3 is 0 Å². The second-order valence-corrected chi connectivity index (χ2v) is 5.20. The van der Waals surface area contributed by atoms with Crippen molar-refractivity contribution in [1.82, 2.24) is 0 Å². The maximum atomic E-state index is 14.2. The van der Waals surface area contributed by atoms with E-state index in [4.69, 9.17) is 10.5 Å². The predicted octanol–water partition coefficient (Wildman–Crippen LogP) is 3.49. The number of nitrogens with zero attached hydrogens (tertiary/aromatic N) is 1. The summed E-state index contributed by atoms with van der Waals surface area (Å²) in [4.78, 5) is 1.88. The zero-order chi connectivity index (χ0) is 15.4. The summed E-state index contributed by atoms with van der Waals surface area (Å²) < 4.78 is 19.3. The molecule has 0 spiro atoms. The van der Waals surface area contributed by atoms with Crippen LogP contribution < -0.4 is 15.4 Å². The summed E-state index contributed by atoms with van der Waals surface area (Å²) in [5.41, 5.74) is 8.22. The summed E-state index contributed by atoms with van der Waals surface area (Å²) >= 11 is 0. The first-order valence-corrected chi connectivity index (χ1v) is 6.90. The number of methoxy groups -OCH3 is 1. The molecule has 2 N–H and O–H groups in total. The first-order valence-electron chi connectivity index (χ1n) is 6.90. The zero-order valence-corrected chi connectivity index (χ0v) is 12.6. The highest BCUT2D eigenvalue weighted by Crippen LogP contribution is 2.23. The zero-order valence-electron chi connectivity index (χ0n) is 12.6. The molecule has 1 atom stereocenters. The van der Waals surface area contributed by atoms with Gasteiger partial charge in [0.15, 0.2) is 0 Å². The first kappa shape index (κ1) is 15.3. The number of benzene rings is 2. The van der Waals surface area contributed by atoms with Gasteiger partial charge in [0.2, 0.25) is 0 Å². The first-order chi connectivity index (χ1) is 10.0. The molecular formula is C17H21FN2O. The largest absolute Gasteiger partial charge is 0.497 e. The second-order valence-electron chi connectivity index (χ2n) is 5.20. The van der Waals surface area contributed by atoms with Crippen LogP contribution in [0.5, 0.6) is 5.75 Å². The topological polar surface area (TPSA) is 38.5 Å². The lowest BCUT2D eigenvalue weighted by molar-refractivity contribution is 0.414. The number of nitrogens with two attached hydrogens (primary N) is 1. The molecule has 0 saturated carbocycles. The monoisotopic (exact) mass is 288 g/mol. The second kappa shape index (κ2) is 6.59. The minimum atomic E-state index is -0.249. The Balaban J connectivity index is 2.13. The number of anilines is 1. The van der Waals surface area contributed by atoms with E-state index >= 15 is 0 Å². The Morgan fingerprint density at radius 2 is 1.86 bits per heavy atom. The molecule has 0 amide bonds. The Morgan fingerprint density at radius 1 is 1.19 bits per heavy atom. The van der Waals surface area contributed by atoms with Crippen molar-refractivity contribution in [3.05, 3.63) is 59.4 Å². The van der Waals surface area contributed by atoms with Crippen LogP contribution >= 0.6 is 0 Å². The van der Waals surface area contributed by atoms with Gasteiger partial charge in [0, 0.05) is 19.6 Å². The molecule has 0 aliphatic carbocycles. The van der Waals surface area contributed by atoms with Crippen LogP contribution in [0.4, 0.5) is 10.1 Å². The van der Waals surface area contributed by atoms with E-state index < -0.39 is 0 Å². The third-order valence-corrected chi connectivity index (χ3v) is 3.49. The molecule has 2 aromatic rings. The van der Waals surface area contributed by atoms with Crippen LogP contribution in [0.25, 0.3) is 0 Å². The van der Waals surface area contributed by atoms with E-state index in [2.05, 4.69) is 0 Å². The minimum Gasteiger partial charge on any atom is -0.497 e. The highest BCUT2D eigenvalue weighted by molar-refractivity contribution is 5.49. The van der Waals surface area contributed by atoms with Gasteiger partial charge in [0.25, 0.3) is 0 Å². The van der Waals surface area contributed by atoms with Crippen LogP contribution in [-0.2, 0) is 6.54 Å². The van der Waals surface area contributed by atoms with E-state index in [9.17, 15) is 4.39 Å². The molecule has 0 aliphatic rings. The van der Waals surface area contributed by atoms with Gasteiger partial charge in [0.1, 0.15) is 11.6 Å². The lowest BCUT2D eigenvalue weighted by Crippen LogP contribution is -2.18. The normalized spacial score (nSPS) is 12.0. The van der Waals surface area contributed by atoms with Crippen molar-refractivity contribution in [2.24, 2.45) is 5.73 Å². The molecule has 1 unspecified atom stereocenters. The Hall–Kier alpha value is -2.07. The summed E-state index contributed by atoms with van der Waals surface area (Å²) in [6.07, 6.45) is 0. The van der Waals surface area contributed by atoms with Gasteiger partial charge in [-0.3, -0.25) is 0 Å². The lowest BCUT2D eigenvalue weighted by Gasteiger charge is -2.21. The van der Waals surface area contributed by atoms with Crippen molar-refractivity contribution in [3.63, 3.8) is 0 Å². The van der Waals surface area contributed by atoms with Crippen LogP contribution in [0.1, 0.15) is 24.1 Å². The number of hydrogen-bond donors (Lipinski definition) is 1. The fourth-order valence-electron chi connectivity index (χ4n) is 2.21. The third kappa shape index (κ3) is 3.73. The molecule has 3 nitrogen and oxygen atoms in total. The van der Waals surface area contributed by atoms with Gasteiger partial charge in [-0.15, -0.1) is 0 Å². The molecule has 0 bridgehead atoms. The molecule has 0 aromatic heterocycles. The summed E-state index contributed by atoms with van der Waals surface area (Å²) in [6, 6.07) is 12.7. The van der Waals surface area contributed by atoms with Gasteiger partial charge in [-0.25, -0.2) is 4.39 Å². The average molecular weight is 288 g/mol. The molecule has 0 fully saturated rings. The highest BCUT2D eigenvalue weighted by atomic mass is 19.1. The van der Waals surface area contributed by atoms with Crippen LogP contribution in [0.2, 0.25) is 0 Å². The molecule has 0 radical (unpaired) electrons. The summed E-state index contributed by atoms with van der Waals surface area (Å²) in [5, 5.41) is 0. The van der Waals surface area contributed by atoms with Crippen LogP contribution in [0.15, 0.2) is 42.5 Å². The SMILES string of the molecule is COc1ccc(CN(C)c2ccc(C(C)N)cc2F)cc1. The molecule has 0 heterocycles. The van der Waals surface area contributed by atoms with E-state index in [1.165, 1.54) is 6.07 Å². The summed E-state index contributed by atoms with van der Waals surface area (Å²) in [6.45, 7) is 2.47. The van der Waals surface area contributed by atoms with Crippen molar-refractivity contribution in [2.45, 2.75) is 19.5 Å². The molecule has 2 rings (SSSR count). The van der Waals surface area contributed by atoms with Gasteiger partial charge in [-0.05, 0) is 42.3 Å². The third-order valence-electron chi connectivity index (χ3n) is 3.49. The molecule has 112 valence electrons. The van der Waals surface area contributed by atoms with Crippen LogP contribution in [0.3, 0.4) is 0 Å². The van der Waals surface area contributed by atoms with Gasteiger partial charge in [-0.2, -0.15) is 0 Å². The molecule has 4 heteroatoms. The Labute approximate surface area is 125 Å². The summed E-state index contributed by atoms with van der Waals surface area (Å²) in [7, 11) is 3.50. The highest BCUT2D eigenvalue weighted by Gasteiger charge is 2.10. The van der Waals surface area contributed by atoms with E-state index in [-0.39, 0.29) is 11.9 Å². The number of rotatable bonds is 5. The Bertz CT molecular complexity index is 596. The van der Waals surface area contributed by atoms with Crippen LogP contribution in [0, 0.1) is 5.82 Å². The average Bonchev–Trinajstić information content (AvgIpc) is 2.47. The van der Waals surface area contributed by atoms with Crippen molar-refractivity contribution >= 4 is 5.69 Å². The van der Waals surface area contributed by atoms with Crippen LogP contribution in [-0.4, -0.2) is 14.2 Å². The van der Waals surface area contributed by atoms with Gasteiger partial charge in [-0.1, -0.05) is 18.2 Å². The van der Waals surface area contributed by atoms with Crippen molar-refractivity contribution < 1.29 is 9.13 Å². The molecule has 2 aromatic carbocycles. The maximum Gasteiger partial charge on any atom is 0.146 e. The maximum absolute atomic E-state index is 14.2. The van der Waals surface area contributed by atoms with E-state index in [1.54, 1.807) is 13.2 Å². The number of ether oxygens (including phenoxy) is 1. The summed E-state index contributed by atoms with van der Waals surface area (Å²) in [5.74, 6) is 0.565. The Morgan fingerprint density at radius 3 is 2.38 bits per heavy atom. The van der Waals surface area contributed by atoms with E-state index in [1.807, 2.05) is 49.2 Å². The lowest BCUT2D eigenvalue weighted by atomic mass is 10.1. The standard InChI is InChI=1S/C17H21FN2O/c1-12(19)14-6-9-17(16(18)10-14)20(2)11-13-4-7-15(21-3)8-5-13/h4-10,12H,11,19H2,1-3H3. The molecule has 0 aliphatic heterocycles. The molecule has 0 saturated heterocycles. The number of hydrogen-bond acceptors (Lipinski definition) is 3. The molecule has 21 heavy (non-hydrogen) atoms. The van der Waals surface area contributed by atoms with E-state index in [0.29, 0.717) is 12.2 Å². The number of halogens is 1. The quantitative estimate of drug-likeness (QED) is 0.915. The Kier molecular flexibility index (Phi) is 4.81. The fraction of sp³-hybridized carbons (Fsp3) is 0.294. The predicted molar refractivity (Wildman–Crippen MR) is 84.1 cm³/mol. The van der Waals surface area contributed by atoms with Crippen molar-refractivity contribution in [3.8, 4) is 5.75 Å². The van der Waals surface area contributed by atoms with Gasteiger partial charge < -0.3 is 15.4 Å². The van der Waals surface area contributed by atoms with Crippen molar-refractivity contribution in [2.75, 3.05) is 19.1 Å². The minimum absolute atomic E-state index is 0.166. The smallest absolute Gasteiger partial charge is 0.146 e. The van der Waals surface area contributed by atoms with Gasteiger partial charge in [0.05, 0.1) is 12.8 Å². The van der Waals surface area contributed by atoms with Crippen molar-refractivity contribution in [1.29, 1.82) is 0 Å². The van der Waals surface area contributed by atoms with E-state index in [0.717, 1.165) is 16.9 Å².